The van der Waals surface area contributed by atoms with Crippen LogP contribution in [0, 0.1) is 6.92 Å². The summed E-state index contributed by atoms with van der Waals surface area (Å²) in [5.74, 6) is 0.705. The average molecular weight is 301 g/mol. The highest BCUT2D eigenvalue weighted by Crippen LogP contribution is 2.28. The van der Waals surface area contributed by atoms with E-state index in [2.05, 4.69) is 0 Å². The van der Waals surface area contributed by atoms with Gasteiger partial charge in [-0.15, -0.1) is 0 Å². The number of methoxy groups -OCH3 is 1. The molecule has 0 radical (unpaired) electrons. The Bertz CT molecular complexity index is 896. The third-order valence-corrected chi connectivity index (χ3v) is 5.25. The first-order chi connectivity index (χ1) is 10.0. The summed E-state index contributed by atoms with van der Waals surface area (Å²) in [6.07, 6.45) is 0. The number of rotatable bonds is 3. The van der Waals surface area contributed by atoms with Crippen LogP contribution in [-0.4, -0.2) is 19.5 Å². The van der Waals surface area contributed by atoms with Gasteiger partial charge in [0.2, 0.25) is 0 Å². The van der Waals surface area contributed by atoms with Crippen molar-refractivity contribution >= 4 is 20.9 Å². The van der Waals surface area contributed by atoms with E-state index in [9.17, 15) is 8.42 Å². The number of nitrogens with zero attached hydrogens (tertiary/aromatic N) is 1. The lowest BCUT2D eigenvalue weighted by molar-refractivity contribution is 0.415. The Morgan fingerprint density at radius 1 is 1.00 bits per heavy atom. The maximum absolute atomic E-state index is 12.8. The van der Waals surface area contributed by atoms with Crippen molar-refractivity contribution < 1.29 is 13.2 Å². The Kier molecular flexibility index (Phi) is 3.22. The van der Waals surface area contributed by atoms with Gasteiger partial charge >= 0.3 is 0 Å². The van der Waals surface area contributed by atoms with Crippen LogP contribution in [0.3, 0.4) is 0 Å². The smallest absolute Gasteiger partial charge is 0.268 e. The second-order valence-electron chi connectivity index (χ2n) is 4.79. The molecule has 0 atom stereocenters. The average Bonchev–Trinajstić information content (AvgIpc) is 2.83. The fourth-order valence-corrected chi connectivity index (χ4v) is 4.02. The molecule has 0 aliphatic rings. The zero-order chi connectivity index (χ0) is 15.0. The van der Waals surface area contributed by atoms with Crippen LogP contribution in [0.1, 0.15) is 5.69 Å². The van der Waals surface area contributed by atoms with E-state index in [1.165, 1.54) is 3.97 Å². The minimum Gasteiger partial charge on any atom is -0.497 e. The number of hydrogen-bond donors (Lipinski definition) is 0. The van der Waals surface area contributed by atoms with Gasteiger partial charge < -0.3 is 4.74 Å². The Labute approximate surface area is 123 Å². The number of benzene rings is 2. The fourth-order valence-electron chi connectivity index (χ4n) is 2.45. The molecule has 2 aromatic carbocycles. The molecule has 0 aliphatic carbocycles. The van der Waals surface area contributed by atoms with Crippen LogP contribution in [-0.2, 0) is 10.0 Å². The molecule has 0 amide bonds. The van der Waals surface area contributed by atoms with Crippen molar-refractivity contribution in [1.82, 2.24) is 3.97 Å². The van der Waals surface area contributed by atoms with E-state index >= 15 is 0 Å². The molecule has 0 saturated carbocycles. The lowest BCUT2D eigenvalue weighted by Crippen LogP contribution is -2.14. The van der Waals surface area contributed by atoms with Gasteiger partial charge in [0.1, 0.15) is 5.75 Å². The van der Waals surface area contributed by atoms with Gasteiger partial charge in [-0.3, -0.25) is 0 Å². The van der Waals surface area contributed by atoms with Crippen LogP contribution < -0.4 is 4.74 Å². The van der Waals surface area contributed by atoms with Crippen LogP contribution in [0.15, 0.2) is 59.5 Å². The number of ether oxygens (including phenoxy) is 1. The Balaban J connectivity index is 2.28. The molecule has 108 valence electrons. The SMILES string of the molecule is COc1ccc2c(c1)cc(C)n2S(=O)(=O)c1ccccc1. The molecule has 4 nitrogen and oxygen atoms in total. The first-order valence-corrected chi connectivity index (χ1v) is 7.95. The Hall–Kier alpha value is -2.27. The Morgan fingerprint density at radius 3 is 2.38 bits per heavy atom. The number of fused-ring (bicyclic) bond motifs is 1. The first kappa shape index (κ1) is 13.7. The molecule has 0 aliphatic heterocycles. The summed E-state index contributed by atoms with van der Waals surface area (Å²) in [7, 11) is -2.01. The summed E-state index contributed by atoms with van der Waals surface area (Å²) in [6, 6.07) is 15.6. The molecule has 21 heavy (non-hydrogen) atoms. The van der Waals surface area contributed by atoms with Crippen molar-refractivity contribution in [2.24, 2.45) is 0 Å². The van der Waals surface area contributed by atoms with Gasteiger partial charge in [-0.1, -0.05) is 18.2 Å². The predicted octanol–water partition coefficient (Wildman–Crippen LogP) is 3.20. The third-order valence-electron chi connectivity index (χ3n) is 3.42. The predicted molar refractivity (Wildman–Crippen MR) is 82.3 cm³/mol. The minimum absolute atomic E-state index is 0.279. The lowest BCUT2D eigenvalue weighted by Gasteiger charge is -2.10. The summed E-state index contributed by atoms with van der Waals surface area (Å²) in [5, 5.41) is 0.839. The maximum atomic E-state index is 12.8. The molecule has 0 spiro atoms. The van der Waals surface area contributed by atoms with Crippen molar-refractivity contribution in [2.45, 2.75) is 11.8 Å². The van der Waals surface area contributed by atoms with Crippen LogP contribution >= 0.6 is 0 Å². The van der Waals surface area contributed by atoms with Gasteiger partial charge in [0.25, 0.3) is 10.0 Å². The van der Waals surface area contributed by atoms with Gasteiger partial charge in [-0.05, 0) is 43.3 Å². The van der Waals surface area contributed by atoms with Gasteiger partial charge in [0.05, 0.1) is 17.5 Å². The van der Waals surface area contributed by atoms with Crippen LogP contribution in [0.25, 0.3) is 10.9 Å². The third kappa shape index (κ3) is 2.19. The normalized spacial score (nSPS) is 11.7. The molecule has 1 aromatic heterocycles. The van der Waals surface area contributed by atoms with E-state index in [4.69, 9.17) is 4.74 Å². The standard InChI is InChI=1S/C16H15NO3S/c1-12-10-13-11-14(20-2)8-9-16(13)17(12)21(18,19)15-6-4-3-5-7-15/h3-11H,1-2H3. The summed E-state index contributed by atoms with van der Waals surface area (Å²) < 4.78 is 32.2. The van der Waals surface area contributed by atoms with Gasteiger partial charge in [-0.25, -0.2) is 12.4 Å². The first-order valence-electron chi connectivity index (χ1n) is 6.51. The highest BCUT2D eigenvalue weighted by molar-refractivity contribution is 7.90. The van der Waals surface area contributed by atoms with Gasteiger partial charge in [0, 0.05) is 11.1 Å². The molecule has 3 aromatic rings. The summed E-state index contributed by atoms with van der Waals surface area (Å²) in [5.41, 5.74) is 1.32. The molecule has 0 fully saturated rings. The van der Waals surface area contributed by atoms with E-state index in [0.717, 1.165) is 5.39 Å². The summed E-state index contributed by atoms with van der Waals surface area (Å²) in [6.45, 7) is 1.78. The molecule has 0 N–H and O–H groups in total. The van der Waals surface area contributed by atoms with E-state index < -0.39 is 10.0 Å². The van der Waals surface area contributed by atoms with Crippen molar-refractivity contribution in [1.29, 1.82) is 0 Å². The van der Waals surface area contributed by atoms with E-state index in [0.29, 0.717) is 17.0 Å². The second kappa shape index (κ2) is 4.93. The molecule has 3 rings (SSSR count). The number of aryl methyl sites for hydroxylation is 1. The van der Waals surface area contributed by atoms with Crippen LogP contribution in [0.4, 0.5) is 0 Å². The van der Waals surface area contributed by atoms with Crippen molar-refractivity contribution in [2.75, 3.05) is 7.11 Å². The highest BCUT2D eigenvalue weighted by Gasteiger charge is 2.21. The largest absolute Gasteiger partial charge is 0.497 e. The lowest BCUT2D eigenvalue weighted by atomic mass is 10.2. The van der Waals surface area contributed by atoms with Crippen molar-refractivity contribution in [3.8, 4) is 5.75 Å². The van der Waals surface area contributed by atoms with Gasteiger partial charge in [-0.2, -0.15) is 0 Å². The molecule has 0 bridgehead atoms. The van der Waals surface area contributed by atoms with Crippen molar-refractivity contribution in [3.63, 3.8) is 0 Å². The van der Waals surface area contributed by atoms with Gasteiger partial charge in [0.15, 0.2) is 0 Å². The van der Waals surface area contributed by atoms with E-state index in [1.807, 2.05) is 12.1 Å². The summed E-state index contributed by atoms with van der Waals surface area (Å²) >= 11 is 0. The number of aromatic nitrogens is 1. The highest BCUT2D eigenvalue weighted by atomic mass is 32.2. The molecular weight excluding hydrogens is 286 g/mol. The molecular formula is C16H15NO3S. The quantitative estimate of drug-likeness (QED) is 0.746. The van der Waals surface area contributed by atoms with Crippen molar-refractivity contribution in [3.05, 3.63) is 60.3 Å². The molecule has 1 heterocycles. The fraction of sp³-hybridized carbons (Fsp3) is 0.125. The van der Waals surface area contributed by atoms with E-state index in [-0.39, 0.29) is 4.90 Å². The zero-order valence-corrected chi connectivity index (χ0v) is 12.6. The molecule has 5 heteroatoms. The van der Waals surface area contributed by atoms with E-state index in [1.54, 1.807) is 56.5 Å². The van der Waals surface area contributed by atoms with Crippen LogP contribution in [0.2, 0.25) is 0 Å². The number of hydrogen-bond acceptors (Lipinski definition) is 3. The monoisotopic (exact) mass is 301 g/mol. The van der Waals surface area contributed by atoms with Crippen LogP contribution in [0.5, 0.6) is 5.75 Å². The Morgan fingerprint density at radius 2 is 1.71 bits per heavy atom. The maximum Gasteiger partial charge on any atom is 0.268 e. The minimum atomic E-state index is -3.60. The zero-order valence-electron chi connectivity index (χ0n) is 11.8. The second-order valence-corrected chi connectivity index (χ2v) is 6.58. The molecule has 0 unspecified atom stereocenters. The summed E-state index contributed by atoms with van der Waals surface area (Å²) in [4.78, 5) is 0.279. The molecule has 0 saturated heterocycles. The topological polar surface area (TPSA) is 48.3 Å².